The molecular formula is C20H15F5O2. The summed E-state index contributed by atoms with van der Waals surface area (Å²) in [5.41, 5.74) is 0.650. The van der Waals surface area contributed by atoms with Crippen LogP contribution >= 0.6 is 0 Å². The van der Waals surface area contributed by atoms with E-state index in [1.165, 1.54) is 0 Å². The minimum atomic E-state index is -1.74. The van der Waals surface area contributed by atoms with E-state index in [4.69, 9.17) is 0 Å². The Morgan fingerprint density at radius 2 is 1.63 bits per heavy atom. The van der Waals surface area contributed by atoms with E-state index in [9.17, 15) is 26.7 Å². The van der Waals surface area contributed by atoms with Gasteiger partial charge in [0.05, 0.1) is 0 Å². The molecule has 0 aliphatic heterocycles. The Kier molecular flexibility index (Phi) is 5.30. The zero-order valence-corrected chi connectivity index (χ0v) is 14.3. The fraction of sp³-hybridized carbons (Fsp3) is 0.250. The molecule has 0 aromatic heterocycles. The van der Waals surface area contributed by atoms with Crippen LogP contribution in [0.3, 0.4) is 0 Å². The van der Waals surface area contributed by atoms with Crippen LogP contribution in [0.2, 0.25) is 0 Å². The van der Waals surface area contributed by atoms with Crippen molar-refractivity contribution in [1.29, 1.82) is 0 Å². The number of carbonyl (C=O) groups is 1. The predicted octanol–water partition coefficient (Wildman–Crippen LogP) is 5.73. The Morgan fingerprint density at radius 1 is 0.963 bits per heavy atom. The van der Waals surface area contributed by atoms with Crippen LogP contribution in [0.4, 0.5) is 22.0 Å². The van der Waals surface area contributed by atoms with Crippen LogP contribution in [0.5, 0.6) is 5.75 Å². The highest BCUT2D eigenvalue weighted by Crippen LogP contribution is 2.32. The number of ether oxygens (including phenoxy) is 1. The largest absolute Gasteiger partial charge is 0.423 e. The minimum absolute atomic E-state index is 0.180. The van der Waals surface area contributed by atoms with E-state index >= 15 is 0 Å². The SMILES string of the molecule is CCCC1=Cc2cc(F)c(C(=O)Oc3cc(F)c(F)c(F)c3)c(F)c2CC1. The molecule has 0 unspecified atom stereocenters. The number of fused-ring (bicyclic) bond motifs is 1. The third-order valence-corrected chi connectivity index (χ3v) is 4.35. The van der Waals surface area contributed by atoms with Gasteiger partial charge in [0.15, 0.2) is 17.5 Å². The van der Waals surface area contributed by atoms with Crippen LogP contribution in [-0.2, 0) is 6.42 Å². The lowest BCUT2D eigenvalue weighted by Gasteiger charge is -2.19. The average Bonchev–Trinajstić information content (AvgIpc) is 2.59. The maximum atomic E-state index is 14.7. The van der Waals surface area contributed by atoms with Crippen LogP contribution in [-0.4, -0.2) is 5.97 Å². The first-order valence-corrected chi connectivity index (χ1v) is 8.38. The maximum Gasteiger partial charge on any atom is 0.349 e. The molecular weight excluding hydrogens is 367 g/mol. The standard InChI is InChI=1S/C20H15F5O2/c1-2-3-10-4-5-13-11(6-10)7-14(21)17(18(13)24)20(26)27-12-8-15(22)19(25)16(23)9-12/h6-9H,2-5H2,1H3. The second kappa shape index (κ2) is 7.50. The predicted molar refractivity (Wildman–Crippen MR) is 88.8 cm³/mol. The summed E-state index contributed by atoms with van der Waals surface area (Å²) in [5.74, 6) is -9.27. The van der Waals surface area contributed by atoms with Crippen molar-refractivity contribution in [2.24, 2.45) is 0 Å². The molecule has 0 spiro atoms. The monoisotopic (exact) mass is 382 g/mol. The van der Waals surface area contributed by atoms with E-state index in [-0.39, 0.29) is 5.56 Å². The Balaban J connectivity index is 1.95. The van der Waals surface area contributed by atoms with Gasteiger partial charge in [-0.3, -0.25) is 0 Å². The second-order valence-electron chi connectivity index (χ2n) is 6.26. The van der Waals surface area contributed by atoms with E-state index in [1.807, 2.05) is 6.92 Å². The van der Waals surface area contributed by atoms with Crippen molar-refractivity contribution < 1.29 is 31.5 Å². The first-order chi connectivity index (χ1) is 12.8. The highest BCUT2D eigenvalue weighted by Gasteiger charge is 2.27. The zero-order valence-electron chi connectivity index (χ0n) is 14.3. The molecule has 0 fully saturated rings. The minimum Gasteiger partial charge on any atom is -0.423 e. The van der Waals surface area contributed by atoms with Gasteiger partial charge in [0.1, 0.15) is 22.9 Å². The van der Waals surface area contributed by atoms with Gasteiger partial charge >= 0.3 is 5.97 Å². The lowest BCUT2D eigenvalue weighted by Crippen LogP contribution is -2.17. The summed E-state index contributed by atoms with van der Waals surface area (Å²) in [7, 11) is 0. The lowest BCUT2D eigenvalue weighted by molar-refractivity contribution is 0.0723. The summed E-state index contributed by atoms with van der Waals surface area (Å²) in [4.78, 5) is 12.2. The van der Waals surface area contributed by atoms with Gasteiger partial charge in [0, 0.05) is 12.1 Å². The van der Waals surface area contributed by atoms with E-state index in [0.29, 0.717) is 30.5 Å². The van der Waals surface area contributed by atoms with E-state index in [1.54, 1.807) is 6.08 Å². The molecule has 1 aliphatic carbocycles. The van der Waals surface area contributed by atoms with Gasteiger partial charge in [0.2, 0.25) is 0 Å². The first-order valence-electron chi connectivity index (χ1n) is 8.38. The van der Waals surface area contributed by atoms with Crippen LogP contribution in [0.25, 0.3) is 6.08 Å². The van der Waals surface area contributed by atoms with Crippen molar-refractivity contribution >= 4 is 12.0 Å². The number of allylic oxidation sites excluding steroid dienone is 1. The highest BCUT2D eigenvalue weighted by molar-refractivity contribution is 5.92. The number of carbonyl (C=O) groups excluding carboxylic acids is 1. The summed E-state index contributed by atoms with van der Waals surface area (Å²) >= 11 is 0. The Bertz CT molecular complexity index is 927. The van der Waals surface area contributed by atoms with E-state index < -0.39 is 46.4 Å². The number of hydrogen-bond acceptors (Lipinski definition) is 2. The van der Waals surface area contributed by atoms with Crippen molar-refractivity contribution in [3.63, 3.8) is 0 Å². The molecule has 0 saturated carbocycles. The van der Waals surface area contributed by atoms with Crippen molar-refractivity contribution in [2.75, 3.05) is 0 Å². The van der Waals surface area contributed by atoms with Crippen molar-refractivity contribution in [1.82, 2.24) is 0 Å². The number of rotatable bonds is 4. The lowest BCUT2D eigenvalue weighted by atomic mass is 9.88. The third kappa shape index (κ3) is 3.72. The second-order valence-corrected chi connectivity index (χ2v) is 6.26. The number of hydrogen-bond donors (Lipinski definition) is 0. The Hall–Kier alpha value is -2.70. The molecule has 2 aromatic carbocycles. The molecule has 3 rings (SSSR count). The van der Waals surface area contributed by atoms with Crippen LogP contribution in [0.15, 0.2) is 23.8 Å². The summed E-state index contributed by atoms with van der Waals surface area (Å²) in [6.45, 7) is 2.00. The molecule has 0 heterocycles. The number of esters is 1. The number of halogens is 5. The molecule has 0 amide bonds. The Morgan fingerprint density at radius 3 is 2.26 bits per heavy atom. The van der Waals surface area contributed by atoms with Gasteiger partial charge in [-0.2, -0.15) is 0 Å². The molecule has 27 heavy (non-hydrogen) atoms. The number of benzene rings is 2. The first kappa shape index (κ1) is 19.1. The van der Waals surface area contributed by atoms with Gasteiger partial charge in [-0.25, -0.2) is 26.7 Å². The zero-order chi connectivity index (χ0) is 19.7. The van der Waals surface area contributed by atoms with Gasteiger partial charge in [-0.05, 0) is 36.5 Å². The smallest absolute Gasteiger partial charge is 0.349 e. The fourth-order valence-electron chi connectivity index (χ4n) is 3.09. The molecule has 0 bridgehead atoms. The van der Waals surface area contributed by atoms with E-state index in [0.717, 1.165) is 24.5 Å². The summed E-state index contributed by atoms with van der Waals surface area (Å²) in [6.07, 6.45) is 4.31. The van der Waals surface area contributed by atoms with Gasteiger partial charge in [0.25, 0.3) is 0 Å². The molecule has 2 aromatic rings. The third-order valence-electron chi connectivity index (χ3n) is 4.35. The summed E-state index contributed by atoms with van der Waals surface area (Å²) < 4.78 is 73.1. The van der Waals surface area contributed by atoms with Gasteiger partial charge in [-0.15, -0.1) is 0 Å². The molecule has 0 N–H and O–H groups in total. The van der Waals surface area contributed by atoms with E-state index in [2.05, 4.69) is 4.74 Å². The van der Waals surface area contributed by atoms with Crippen molar-refractivity contribution in [3.05, 3.63) is 69.5 Å². The normalized spacial score (nSPS) is 13.2. The highest BCUT2D eigenvalue weighted by atomic mass is 19.2. The molecule has 142 valence electrons. The molecule has 0 atom stereocenters. The van der Waals surface area contributed by atoms with Crippen LogP contribution in [0.1, 0.15) is 47.7 Å². The molecule has 0 saturated heterocycles. The van der Waals surface area contributed by atoms with Crippen LogP contribution in [0, 0.1) is 29.1 Å². The van der Waals surface area contributed by atoms with Crippen LogP contribution < -0.4 is 4.74 Å². The van der Waals surface area contributed by atoms with Crippen molar-refractivity contribution in [2.45, 2.75) is 32.6 Å². The average molecular weight is 382 g/mol. The molecule has 7 heteroatoms. The van der Waals surface area contributed by atoms with Gasteiger partial charge < -0.3 is 4.74 Å². The summed E-state index contributed by atoms with van der Waals surface area (Å²) in [6, 6.07) is 1.88. The molecule has 0 radical (unpaired) electrons. The molecule has 2 nitrogen and oxygen atoms in total. The maximum absolute atomic E-state index is 14.7. The van der Waals surface area contributed by atoms with Crippen molar-refractivity contribution in [3.8, 4) is 5.75 Å². The molecule has 1 aliphatic rings. The topological polar surface area (TPSA) is 26.3 Å². The Labute approximate surface area is 152 Å². The quantitative estimate of drug-likeness (QED) is 0.292. The van der Waals surface area contributed by atoms with Gasteiger partial charge in [-0.1, -0.05) is 25.0 Å². The summed E-state index contributed by atoms with van der Waals surface area (Å²) in [5, 5.41) is 0. The fourth-order valence-corrected chi connectivity index (χ4v) is 3.09.